The molecule has 1 atom stereocenters. The molecule has 6 rings (SSSR count). The molecule has 0 saturated carbocycles. The van der Waals surface area contributed by atoms with Crippen molar-refractivity contribution in [3.05, 3.63) is 106 Å². The highest BCUT2D eigenvalue weighted by Crippen LogP contribution is 2.63. The van der Waals surface area contributed by atoms with Crippen molar-refractivity contribution in [1.29, 1.82) is 0 Å². The maximum Gasteiger partial charge on any atom is 0.0723 e. The first kappa shape index (κ1) is 15.0. The van der Waals surface area contributed by atoms with E-state index in [2.05, 4.69) is 79.7 Å². The van der Waals surface area contributed by atoms with Crippen molar-refractivity contribution >= 4 is 11.3 Å². The normalized spacial score (nSPS) is 21.2. The minimum Gasteiger partial charge on any atom is -0.399 e. The second-order valence-corrected chi connectivity index (χ2v) is 7.98. The number of aryl methyl sites for hydroxylation is 1. The maximum absolute atomic E-state index is 6.30. The molecule has 0 amide bonds. The van der Waals surface area contributed by atoms with Crippen molar-refractivity contribution in [2.24, 2.45) is 0 Å². The summed E-state index contributed by atoms with van der Waals surface area (Å²) in [4.78, 5) is 0. The van der Waals surface area contributed by atoms with E-state index in [0.29, 0.717) is 0 Å². The third-order valence-electron chi connectivity index (χ3n) is 6.55. The van der Waals surface area contributed by atoms with Crippen LogP contribution in [0.5, 0.6) is 0 Å². The van der Waals surface area contributed by atoms with Crippen LogP contribution >= 0.6 is 0 Å². The second-order valence-electron chi connectivity index (χ2n) is 7.98. The first-order chi connectivity index (χ1) is 13.2. The summed E-state index contributed by atoms with van der Waals surface area (Å²) in [5, 5.41) is 0. The third kappa shape index (κ3) is 1.70. The van der Waals surface area contributed by atoms with Gasteiger partial charge in [0.15, 0.2) is 0 Å². The van der Waals surface area contributed by atoms with Crippen LogP contribution in [0.2, 0.25) is 0 Å². The van der Waals surface area contributed by atoms with Gasteiger partial charge in [-0.05, 0) is 76.4 Å². The van der Waals surface area contributed by atoms with Crippen LogP contribution in [0, 0.1) is 6.92 Å². The first-order valence-electron chi connectivity index (χ1n) is 9.73. The Balaban J connectivity index is 1.84. The van der Waals surface area contributed by atoms with Gasteiger partial charge in [0, 0.05) is 5.69 Å². The fraction of sp³-hybridized carbons (Fsp3) is 0.154. The Morgan fingerprint density at radius 2 is 1.59 bits per heavy atom. The SMILES string of the molecule is Cc1ccc2c(c1)C1(C3=C(CCC=C3)c3ccc(N)cc31)c1ccccc1-2. The lowest BCUT2D eigenvalue weighted by Crippen LogP contribution is -2.27. The molecule has 0 aliphatic heterocycles. The zero-order valence-corrected chi connectivity index (χ0v) is 15.4. The Labute approximate surface area is 159 Å². The van der Waals surface area contributed by atoms with Crippen LogP contribution in [0.15, 0.2) is 78.4 Å². The number of benzene rings is 3. The van der Waals surface area contributed by atoms with Crippen molar-refractivity contribution in [2.75, 3.05) is 5.73 Å². The van der Waals surface area contributed by atoms with Gasteiger partial charge in [-0.25, -0.2) is 0 Å². The predicted molar refractivity (Wildman–Crippen MR) is 113 cm³/mol. The van der Waals surface area contributed by atoms with Crippen molar-refractivity contribution < 1.29 is 0 Å². The van der Waals surface area contributed by atoms with E-state index < -0.39 is 0 Å². The topological polar surface area (TPSA) is 26.0 Å². The van der Waals surface area contributed by atoms with Gasteiger partial charge in [0.2, 0.25) is 0 Å². The number of fused-ring (bicyclic) bond motifs is 9. The van der Waals surface area contributed by atoms with Crippen molar-refractivity contribution in [1.82, 2.24) is 0 Å². The van der Waals surface area contributed by atoms with Gasteiger partial charge >= 0.3 is 0 Å². The molecule has 0 bridgehead atoms. The summed E-state index contributed by atoms with van der Waals surface area (Å²) in [6.45, 7) is 2.19. The lowest BCUT2D eigenvalue weighted by atomic mass is 9.69. The van der Waals surface area contributed by atoms with E-state index in [4.69, 9.17) is 5.73 Å². The molecule has 0 saturated heterocycles. The molecule has 130 valence electrons. The Bertz CT molecular complexity index is 1190. The standard InChI is InChI=1S/C26H21N/c1-16-10-12-20-18-6-2-4-8-22(18)26(24(20)14-16)23-9-5-3-7-19(23)21-13-11-17(27)15-25(21)26/h2,4-6,8-15H,3,7,27H2,1H3. The van der Waals surface area contributed by atoms with E-state index in [1.807, 2.05) is 0 Å². The number of hydrogen-bond acceptors (Lipinski definition) is 1. The van der Waals surface area contributed by atoms with Gasteiger partial charge in [0.25, 0.3) is 0 Å². The molecule has 3 aliphatic rings. The summed E-state index contributed by atoms with van der Waals surface area (Å²) in [6, 6.07) is 22.4. The highest BCUT2D eigenvalue weighted by Gasteiger charge is 2.52. The number of hydrogen-bond donors (Lipinski definition) is 1. The summed E-state index contributed by atoms with van der Waals surface area (Å²) in [5.41, 5.74) is 19.4. The molecule has 1 nitrogen and oxygen atoms in total. The number of nitrogen functional groups attached to an aromatic ring is 1. The summed E-state index contributed by atoms with van der Waals surface area (Å²) >= 11 is 0. The molecule has 2 N–H and O–H groups in total. The highest BCUT2D eigenvalue weighted by atomic mass is 14.6. The molecule has 1 heteroatoms. The molecule has 1 unspecified atom stereocenters. The number of nitrogens with two attached hydrogens (primary N) is 1. The number of anilines is 1. The summed E-state index contributed by atoms with van der Waals surface area (Å²) in [7, 11) is 0. The van der Waals surface area contributed by atoms with E-state index in [1.165, 1.54) is 50.1 Å². The number of allylic oxidation sites excluding steroid dienone is 4. The molecule has 27 heavy (non-hydrogen) atoms. The lowest BCUT2D eigenvalue weighted by molar-refractivity contribution is 0.780. The highest BCUT2D eigenvalue weighted by molar-refractivity contribution is 5.96. The summed E-state index contributed by atoms with van der Waals surface area (Å²) in [6.07, 6.45) is 6.93. The van der Waals surface area contributed by atoms with Gasteiger partial charge in [0.1, 0.15) is 0 Å². The Hall–Kier alpha value is -3.06. The zero-order valence-electron chi connectivity index (χ0n) is 15.4. The molecule has 0 fully saturated rings. The van der Waals surface area contributed by atoms with E-state index in [-0.39, 0.29) is 5.41 Å². The van der Waals surface area contributed by atoms with Crippen LogP contribution < -0.4 is 5.73 Å². The molecule has 0 radical (unpaired) electrons. The molecule has 1 spiro atoms. The van der Waals surface area contributed by atoms with Crippen molar-refractivity contribution in [2.45, 2.75) is 25.2 Å². The molecule has 0 aromatic heterocycles. The first-order valence-corrected chi connectivity index (χ1v) is 9.73. The lowest BCUT2D eigenvalue weighted by Gasteiger charge is -2.32. The van der Waals surface area contributed by atoms with Gasteiger partial charge in [-0.1, -0.05) is 66.2 Å². The fourth-order valence-electron chi connectivity index (χ4n) is 5.55. The minimum atomic E-state index is -0.227. The average Bonchev–Trinajstić information content (AvgIpc) is 3.14. The van der Waals surface area contributed by atoms with Gasteiger partial charge in [-0.3, -0.25) is 0 Å². The van der Waals surface area contributed by atoms with Crippen LogP contribution in [0.1, 0.15) is 40.7 Å². The van der Waals surface area contributed by atoms with Crippen LogP contribution in [0.4, 0.5) is 5.69 Å². The molecular formula is C26H21N. The zero-order chi connectivity index (χ0) is 18.2. The second kappa shape index (κ2) is 5.01. The van der Waals surface area contributed by atoms with Gasteiger partial charge in [0.05, 0.1) is 5.41 Å². The van der Waals surface area contributed by atoms with Gasteiger partial charge < -0.3 is 5.73 Å². The van der Waals surface area contributed by atoms with Crippen molar-refractivity contribution in [3.8, 4) is 11.1 Å². The van der Waals surface area contributed by atoms with E-state index in [0.717, 1.165) is 18.5 Å². The molecule has 3 aromatic carbocycles. The van der Waals surface area contributed by atoms with E-state index in [9.17, 15) is 0 Å². The molecule has 0 heterocycles. The summed E-state index contributed by atoms with van der Waals surface area (Å²) in [5.74, 6) is 0. The Morgan fingerprint density at radius 1 is 0.815 bits per heavy atom. The van der Waals surface area contributed by atoms with Gasteiger partial charge in [-0.2, -0.15) is 0 Å². The van der Waals surface area contributed by atoms with Crippen LogP contribution in [-0.4, -0.2) is 0 Å². The Morgan fingerprint density at radius 3 is 2.52 bits per heavy atom. The Kier molecular flexibility index (Phi) is 2.79. The smallest absolute Gasteiger partial charge is 0.0723 e. The minimum absolute atomic E-state index is 0.227. The average molecular weight is 347 g/mol. The summed E-state index contributed by atoms with van der Waals surface area (Å²) < 4.78 is 0. The monoisotopic (exact) mass is 347 g/mol. The molecule has 3 aromatic rings. The maximum atomic E-state index is 6.30. The van der Waals surface area contributed by atoms with Crippen LogP contribution in [-0.2, 0) is 5.41 Å². The fourth-order valence-corrected chi connectivity index (χ4v) is 5.55. The number of rotatable bonds is 0. The van der Waals surface area contributed by atoms with Gasteiger partial charge in [-0.15, -0.1) is 0 Å². The van der Waals surface area contributed by atoms with Crippen molar-refractivity contribution in [3.63, 3.8) is 0 Å². The predicted octanol–water partition coefficient (Wildman–Crippen LogP) is 6.01. The van der Waals surface area contributed by atoms with Crippen LogP contribution in [0.25, 0.3) is 16.7 Å². The van der Waals surface area contributed by atoms with E-state index in [1.54, 1.807) is 0 Å². The van der Waals surface area contributed by atoms with E-state index >= 15 is 0 Å². The largest absolute Gasteiger partial charge is 0.399 e. The van der Waals surface area contributed by atoms with Crippen LogP contribution in [0.3, 0.4) is 0 Å². The molecule has 3 aliphatic carbocycles. The molecular weight excluding hydrogens is 326 g/mol. The quantitative estimate of drug-likeness (QED) is 0.495. The third-order valence-corrected chi connectivity index (χ3v) is 6.55.